The summed E-state index contributed by atoms with van der Waals surface area (Å²) in [6.07, 6.45) is 6.95. The smallest absolute Gasteiger partial charge is 0.412 e. The molecular weight excluding hydrogens is 332 g/mol. The van der Waals surface area contributed by atoms with Crippen molar-refractivity contribution in [2.24, 2.45) is 5.92 Å². The fraction of sp³-hybridized carbons (Fsp3) is 0.400. The van der Waals surface area contributed by atoms with Crippen molar-refractivity contribution in [3.05, 3.63) is 52.4 Å². The predicted octanol–water partition coefficient (Wildman–Crippen LogP) is 5.49. The van der Waals surface area contributed by atoms with Crippen LogP contribution in [0.4, 0.5) is 9.80 Å². The topological polar surface area (TPSA) is 62.1 Å². The summed E-state index contributed by atoms with van der Waals surface area (Å²) in [5, 5.41) is 12.6. The molecule has 1 amide bonds. The Morgan fingerprint density at radius 1 is 1.24 bits per heavy atom. The van der Waals surface area contributed by atoms with Gasteiger partial charge in [-0.15, -0.1) is 11.3 Å². The first-order valence-corrected chi connectivity index (χ1v) is 9.57. The summed E-state index contributed by atoms with van der Waals surface area (Å²) in [7, 11) is 0. The Morgan fingerprint density at radius 3 is 2.72 bits per heavy atom. The van der Waals surface area contributed by atoms with Crippen LogP contribution in [0.2, 0.25) is 0 Å². The van der Waals surface area contributed by atoms with E-state index in [9.17, 15) is 10.1 Å². The molecule has 0 saturated heterocycles. The van der Waals surface area contributed by atoms with Gasteiger partial charge in [-0.3, -0.25) is 5.32 Å². The molecule has 0 aliphatic heterocycles. The summed E-state index contributed by atoms with van der Waals surface area (Å²) in [5.74, 6) is 0.705. The van der Waals surface area contributed by atoms with Crippen molar-refractivity contribution >= 4 is 22.4 Å². The monoisotopic (exact) mass is 354 g/mol. The second kappa shape index (κ2) is 8.68. The molecule has 1 aromatic heterocycles. The Kier molecular flexibility index (Phi) is 6.08. The maximum Gasteiger partial charge on any atom is 0.412 e. The summed E-state index contributed by atoms with van der Waals surface area (Å²) < 4.78 is 5.24. The molecule has 0 unspecified atom stereocenters. The van der Waals surface area contributed by atoms with Crippen LogP contribution in [0.1, 0.15) is 48.1 Å². The standard InChI is InChI=1S/C20H22N2O2S/c21-13-17-12-18(11-15-7-3-1-4-8-15)25-19(17)22-20(23)24-14-16-9-5-2-6-10-16/h2,5-6,9-10,12,15H,1,3-4,7-8,11,14H2,(H,22,23). The van der Waals surface area contributed by atoms with Gasteiger partial charge in [0.1, 0.15) is 17.7 Å². The van der Waals surface area contributed by atoms with Gasteiger partial charge in [-0.05, 0) is 24.0 Å². The van der Waals surface area contributed by atoms with Crippen LogP contribution in [0.15, 0.2) is 36.4 Å². The minimum atomic E-state index is -0.522. The van der Waals surface area contributed by atoms with Crippen LogP contribution in [-0.2, 0) is 17.8 Å². The molecule has 1 N–H and O–H groups in total. The maximum atomic E-state index is 12.0. The van der Waals surface area contributed by atoms with E-state index in [-0.39, 0.29) is 6.61 Å². The number of hydrogen-bond acceptors (Lipinski definition) is 4. The van der Waals surface area contributed by atoms with Crippen LogP contribution < -0.4 is 5.32 Å². The van der Waals surface area contributed by atoms with E-state index in [2.05, 4.69) is 11.4 Å². The highest BCUT2D eigenvalue weighted by Gasteiger charge is 2.18. The minimum absolute atomic E-state index is 0.217. The molecule has 3 rings (SSSR count). The van der Waals surface area contributed by atoms with Gasteiger partial charge in [0, 0.05) is 4.88 Å². The molecule has 2 aromatic rings. The number of thiophene rings is 1. The van der Waals surface area contributed by atoms with E-state index >= 15 is 0 Å². The van der Waals surface area contributed by atoms with Gasteiger partial charge in [0.15, 0.2) is 0 Å². The van der Waals surface area contributed by atoms with Crippen LogP contribution in [0.3, 0.4) is 0 Å². The Balaban J connectivity index is 1.57. The number of hydrogen-bond donors (Lipinski definition) is 1. The summed E-state index contributed by atoms with van der Waals surface area (Å²) in [5.41, 5.74) is 1.45. The average Bonchev–Trinajstić information content (AvgIpc) is 3.03. The maximum absolute atomic E-state index is 12.0. The van der Waals surface area contributed by atoms with Crippen molar-refractivity contribution in [1.29, 1.82) is 5.26 Å². The van der Waals surface area contributed by atoms with Crippen molar-refractivity contribution in [3.63, 3.8) is 0 Å². The van der Waals surface area contributed by atoms with E-state index in [1.807, 2.05) is 36.4 Å². The number of nitrogens with zero attached hydrogens (tertiary/aromatic N) is 1. The number of ether oxygens (including phenoxy) is 1. The lowest BCUT2D eigenvalue weighted by atomic mass is 9.86. The van der Waals surface area contributed by atoms with E-state index in [0.29, 0.717) is 16.5 Å². The van der Waals surface area contributed by atoms with E-state index in [1.54, 1.807) is 0 Å². The Morgan fingerprint density at radius 2 is 2.00 bits per heavy atom. The molecule has 1 fully saturated rings. The highest BCUT2D eigenvalue weighted by atomic mass is 32.1. The number of nitrogens with one attached hydrogen (secondary N) is 1. The van der Waals surface area contributed by atoms with E-state index < -0.39 is 6.09 Å². The third-order valence-electron chi connectivity index (χ3n) is 4.55. The third kappa shape index (κ3) is 5.07. The Hall–Kier alpha value is -2.32. The van der Waals surface area contributed by atoms with Gasteiger partial charge in [0.05, 0.1) is 5.56 Å². The summed E-state index contributed by atoms with van der Waals surface area (Å²) >= 11 is 1.49. The zero-order valence-electron chi connectivity index (χ0n) is 14.2. The molecule has 1 heterocycles. The molecule has 1 aliphatic rings. The molecular formula is C20H22N2O2S. The second-order valence-corrected chi connectivity index (χ2v) is 7.60. The average molecular weight is 354 g/mol. The molecule has 0 bridgehead atoms. The molecule has 25 heavy (non-hydrogen) atoms. The summed E-state index contributed by atoms with van der Waals surface area (Å²) in [6, 6.07) is 13.6. The van der Waals surface area contributed by atoms with Gasteiger partial charge in [-0.2, -0.15) is 5.26 Å². The number of anilines is 1. The van der Waals surface area contributed by atoms with Crippen LogP contribution in [-0.4, -0.2) is 6.09 Å². The molecule has 5 heteroatoms. The lowest BCUT2D eigenvalue weighted by molar-refractivity contribution is 0.155. The second-order valence-electron chi connectivity index (χ2n) is 6.46. The molecule has 130 valence electrons. The molecule has 4 nitrogen and oxygen atoms in total. The van der Waals surface area contributed by atoms with E-state index in [4.69, 9.17) is 4.74 Å². The third-order valence-corrected chi connectivity index (χ3v) is 5.62. The number of carbonyl (C=O) groups excluding carboxylic acids is 1. The molecule has 0 atom stereocenters. The van der Waals surface area contributed by atoms with Crippen LogP contribution >= 0.6 is 11.3 Å². The molecule has 0 radical (unpaired) electrons. The van der Waals surface area contributed by atoms with Crippen molar-refractivity contribution in [1.82, 2.24) is 0 Å². The van der Waals surface area contributed by atoms with Crippen LogP contribution in [0, 0.1) is 17.2 Å². The number of rotatable bonds is 5. The highest BCUT2D eigenvalue weighted by molar-refractivity contribution is 7.16. The fourth-order valence-electron chi connectivity index (χ4n) is 3.25. The number of carbonyl (C=O) groups is 1. The van der Waals surface area contributed by atoms with E-state index in [0.717, 1.165) is 12.0 Å². The van der Waals surface area contributed by atoms with Gasteiger partial charge in [-0.1, -0.05) is 62.4 Å². The van der Waals surface area contributed by atoms with Crippen molar-refractivity contribution < 1.29 is 9.53 Å². The summed E-state index contributed by atoms with van der Waals surface area (Å²) in [6.45, 7) is 0.217. The minimum Gasteiger partial charge on any atom is -0.444 e. The number of amides is 1. The van der Waals surface area contributed by atoms with Crippen LogP contribution in [0.5, 0.6) is 0 Å². The zero-order chi connectivity index (χ0) is 17.5. The fourth-order valence-corrected chi connectivity index (χ4v) is 4.35. The Labute approximate surface area is 152 Å². The summed E-state index contributed by atoms with van der Waals surface area (Å²) in [4.78, 5) is 13.2. The van der Waals surface area contributed by atoms with Crippen LogP contribution in [0.25, 0.3) is 0 Å². The molecule has 1 aromatic carbocycles. The first kappa shape index (κ1) is 17.5. The van der Waals surface area contributed by atoms with Gasteiger partial charge in [0.2, 0.25) is 0 Å². The SMILES string of the molecule is N#Cc1cc(CC2CCCCC2)sc1NC(=O)OCc1ccccc1. The van der Waals surface area contributed by atoms with E-state index in [1.165, 1.54) is 48.3 Å². The quantitative estimate of drug-likeness (QED) is 0.772. The van der Waals surface area contributed by atoms with Crippen molar-refractivity contribution in [2.75, 3.05) is 5.32 Å². The highest BCUT2D eigenvalue weighted by Crippen LogP contribution is 2.33. The van der Waals surface area contributed by atoms with Gasteiger partial charge in [-0.25, -0.2) is 4.79 Å². The molecule has 1 aliphatic carbocycles. The van der Waals surface area contributed by atoms with Crippen molar-refractivity contribution in [3.8, 4) is 6.07 Å². The Bertz CT molecular complexity index is 743. The van der Waals surface area contributed by atoms with Gasteiger partial charge in [0.25, 0.3) is 0 Å². The predicted molar refractivity (Wildman–Crippen MR) is 99.6 cm³/mol. The van der Waals surface area contributed by atoms with Crippen molar-refractivity contribution in [2.45, 2.75) is 45.1 Å². The van der Waals surface area contributed by atoms with Gasteiger partial charge >= 0.3 is 6.09 Å². The molecule has 0 spiro atoms. The number of benzene rings is 1. The zero-order valence-corrected chi connectivity index (χ0v) is 15.0. The molecule has 1 saturated carbocycles. The lowest BCUT2D eigenvalue weighted by Gasteiger charge is -2.20. The largest absolute Gasteiger partial charge is 0.444 e. The normalized spacial score (nSPS) is 14.7. The lowest BCUT2D eigenvalue weighted by Crippen LogP contribution is -2.13. The first-order valence-electron chi connectivity index (χ1n) is 8.75. The first-order chi connectivity index (χ1) is 12.2. The van der Waals surface area contributed by atoms with Gasteiger partial charge < -0.3 is 4.74 Å². The number of nitriles is 1.